The molecule has 168 valence electrons. The quantitative estimate of drug-likeness (QED) is 0.302. The molecule has 0 bridgehead atoms. The number of esters is 1. The van der Waals surface area contributed by atoms with Crippen LogP contribution >= 0.6 is 11.6 Å². The molecular weight excluding hydrogens is 438 g/mol. The van der Waals surface area contributed by atoms with Crippen LogP contribution in [-0.2, 0) is 16.1 Å². The first-order valence-corrected chi connectivity index (χ1v) is 11.0. The van der Waals surface area contributed by atoms with Crippen molar-refractivity contribution in [2.24, 2.45) is 4.99 Å². The number of para-hydroxylation sites is 1. The van der Waals surface area contributed by atoms with E-state index in [0.29, 0.717) is 28.0 Å². The van der Waals surface area contributed by atoms with E-state index in [1.165, 1.54) is 5.56 Å². The van der Waals surface area contributed by atoms with Crippen molar-refractivity contribution < 1.29 is 19.0 Å². The molecule has 0 aromatic heterocycles. The Morgan fingerprint density at radius 1 is 1.06 bits per heavy atom. The number of hydrogen-bond acceptors (Lipinski definition) is 5. The smallest absolute Gasteiger partial charge is 0.363 e. The lowest BCUT2D eigenvalue weighted by atomic mass is 10.0. The van der Waals surface area contributed by atoms with Gasteiger partial charge in [0.1, 0.15) is 6.61 Å². The minimum atomic E-state index is -0.512. The Morgan fingerprint density at radius 3 is 2.52 bits per heavy atom. The molecule has 0 spiro atoms. The van der Waals surface area contributed by atoms with Gasteiger partial charge in [-0.1, -0.05) is 61.8 Å². The van der Waals surface area contributed by atoms with E-state index in [1.807, 2.05) is 60.7 Å². The molecule has 1 aliphatic heterocycles. The largest absolute Gasteiger partial charge is 0.493 e. The normalized spacial score (nSPS) is 14.4. The van der Waals surface area contributed by atoms with E-state index >= 15 is 0 Å². The van der Waals surface area contributed by atoms with Gasteiger partial charge in [0, 0.05) is 16.1 Å². The molecule has 1 heterocycles. The van der Waals surface area contributed by atoms with Gasteiger partial charge in [-0.05, 0) is 53.5 Å². The number of hydrogen-bond donors (Lipinski definition) is 0. The lowest BCUT2D eigenvalue weighted by Gasteiger charge is -2.13. The molecule has 0 fully saturated rings. The summed E-state index contributed by atoms with van der Waals surface area (Å²) >= 11 is 6.08. The fourth-order valence-electron chi connectivity index (χ4n) is 3.43. The Bertz CT molecular complexity index is 1230. The summed E-state index contributed by atoms with van der Waals surface area (Å²) in [6, 6.07) is 20.8. The topological polar surface area (TPSA) is 57.1 Å². The highest BCUT2D eigenvalue weighted by molar-refractivity contribution is 6.30. The molecular formula is C27H24ClNO4. The standard InChI is InChI=1S/C27H24ClNO4/c1-17(2)19-10-12-20(13-11-19)26-29-23(27(30)33-26)15-21-7-5-9-24(31-3)25(21)32-16-18-6-4-8-22(28)14-18/h4-15,17H,16H2,1-3H3/b23-15-. The van der Waals surface area contributed by atoms with Crippen LogP contribution < -0.4 is 9.47 Å². The third kappa shape index (κ3) is 5.26. The molecule has 0 amide bonds. The first kappa shape index (κ1) is 22.6. The van der Waals surface area contributed by atoms with Crippen LogP contribution in [0.1, 0.15) is 42.0 Å². The van der Waals surface area contributed by atoms with Crippen molar-refractivity contribution in [1.82, 2.24) is 0 Å². The third-order valence-electron chi connectivity index (χ3n) is 5.24. The zero-order valence-corrected chi connectivity index (χ0v) is 19.4. The Morgan fingerprint density at radius 2 is 1.82 bits per heavy atom. The number of halogens is 1. The number of nitrogens with zero attached hydrogens (tertiary/aromatic N) is 1. The Balaban J connectivity index is 1.63. The van der Waals surface area contributed by atoms with E-state index < -0.39 is 5.97 Å². The van der Waals surface area contributed by atoms with Crippen molar-refractivity contribution >= 4 is 29.5 Å². The van der Waals surface area contributed by atoms with Crippen molar-refractivity contribution in [3.05, 3.63) is 99.7 Å². The summed E-state index contributed by atoms with van der Waals surface area (Å²) < 4.78 is 17.0. The van der Waals surface area contributed by atoms with E-state index in [2.05, 4.69) is 18.8 Å². The van der Waals surface area contributed by atoms with E-state index in [0.717, 1.165) is 11.1 Å². The first-order valence-electron chi connectivity index (χ1n) is 10.6. The van der Waals surface area contributed by atoms with Gasteiger partial charge in [-0.2, -0.15) is 0 Å². The predicted molar refractivity (Wildman–Crippen MR) is 130 cm³/mol. The van der Waals surface area contributed by atoms with Gasteiger partial charge in [0.05, 0.1) is 7.11 Å². The van der Waals surface area contributed by atoms with Gasteiger partial charge in [0.25, 0.3) is 0 Å². The molecule has 0 aliphatic carbocycles. The minimum Gasteiger partial charge on any atom is -0.493 e. The third-order valence-corrected chi connectivity index (χ3v) is 5.47. The second-order valence-corrected chi connectivity index (χ2v) is 8.35. The molecule has 33 heavy (non-hydrogen) atoms. The molecule has 3 aromatic carbocycles. The molecule has 0 atom stereocenters. The second-order valence-electron chi connectivity index (χ2n) is 7.91. The molecule has 4 rings (SSSR count). The minimum absolute atomic E-state index is 0.193. The summed E-state index contributed by atoms with van der Waals surface area (Å²) in [6.45, 7) is 4.55. The van der Waals surface area contributed by atoms with Crippen molar-refractivity contribution in [2.75, 3.05) is 7.11 Å². The highest BCUT2D eigenvalue weighted by Crippen LogP contribution is 2.34. The van der Waals surface area contributed by atoms with Gasteiger partial charge in [-0.25, -0.2) is 9.79 Å². The summed E-state index contributed by atoms with van der Waals surface area (Å²) in [5, 5.41) is 0.635. The maximum Gasteiger partial charge on any atom is 0.363 e. The van der Waals surface area contributed by atoms with Gasteiger partial charge < -0.3 is 14.2 Å². The van der Waals surface area contributed by atoms with Crippen LogP contribution in [0.5, 0.6) is 11.5 Å². The van der Waals surface area contributed by atoms with Crippen LogP contribution in [0.3, 0.4) is 0 Å². The number of aliphatic imine (C=N–C) groups is 1. The summed E-state index contributed by atoms with van der Waals surface area (Å²) in [6.07, 6.45) is 1.65. The summed E-state index contributed by atoms with van der Waals surface area (Å²) in [5.74, 6) is 1.24. The lowest BCUT2D eigenvalue weighted by molar-refractivity contribution is -0.129. The fourth-order valence-corrected chi connectivity index (χ4v) is 3.65. The Kier molecular flexibility index (Phi) is 6.80. The fraction of sp³-hybridized carbons (Fsp3) is 0.185. The average Bonchev–Trinajstić information content (AvgIpc) is 3.18. The number of carbonyl (C=O) groups is 1. The Labute approximate surface area is 198 Å². The van der Waals surface area contributed by atoms with Crippen molar-refractivity contribution in [3.63, 3.8) is 0 Å². The molecule has 5 nitrogen and oxygen atoms in total. The van der Waals surface area contributed by atoms with Crippen LogP contribution in [0.4, 0.5) is 0 Å². The predicted octanol–water partition coefficient (Wildman–Crippen LogP) is 6.40. The van der Waals surface area contributed by atoms with E-state index in [9.17, 15) is 4.79 Å². The second kappa shape index (κ2) is 9.92. The van der Waals surface area contributed by atoms with E-state index in [4.69, 9.17) is 25.8 Å². The van der Waals surface area contributed by atoms with E-state index in [1.54, 1.807) is 19.3 Å². The average molecular weight is 462 g/mol. The lowest BCUT2D eigenvalue weighted by Crippen LogP contribution is -2.05. The zero-order chi connectivity index (χ0) is 23.4. The van der Waals surface area contributed by atoms with Gasteiger partial charge in [0.15, 0.2) is 17.2 Å². The number of carbonyl (C=O) groups excluding carboxylic acids is 1. The molecule has 0 unspecified atom stereocenters. The van der Waals surface area contributed by atoms with Crippen LogP contribution in [0.2, 0.25) is 5.02 Å². The van der Waals surface area contributed by atoms with Crippen LogP contribution in [0.25, 0.3) is 6.08 Å². The monoisotopic (exact) mass is 461 g/mol. The summed E-state index contributed by atoms with van der Waals surface area (Å²) in [5.41, 5.74) is 3.72. The molecule has 1 aliphatic rings. The SMILES string of the molecule is COc1cccc(/C=C2\N=C(c3ccc(C(C)C)cc3)OC2=O)c1OCc1cccc(Cl)c1. The molecule has 6 heteroatoms. The first-order chi connectivity index (χ1) is 15.9. The van der Waals surface area contributed by atoms with Crippen LogP contribution in [0, 0.1) is 0 Å². The molecule has 0 saturated heterocycles. The molecule has 0 N–H and O–H groups in total. The Hall–Kier alpha value is -3.57. The number of rotatable bonds is 7. The highest BCUT2D eigenvalue weighted by Gasteiger charge is 2.25. The number of cyclic esters (lactones) is 1. The van der Waals surface area contributed by atoms with Crippen LogP contribution in [0.15, 0.2) is 77.4 Å². The van der Waals surface area contributed by atoms with Crippen LogP contribution in [-0.4, -0.2) is 19.0 Å². The van der Waals surface area contributed by atoms with Crippen molar-refractivity contribution in [1.29, 1.82) is 0 Å². The van der Waals surface area contributed by atoms with Gasteiger partial charge in [0.2, 0.25) is 5.90 Å². The molecule has 0 saturated carbocycles. The highest BCUT2D eigenvalue weighted by atomic mass is 35.5. The number of benzene rings is 3. The zero-order valence-electron chi connectivity index (χ0n) is 18.7. The maximum absolute atomic E-state index is 12.5. The van der Waals surface area contributed by atoms with E-state index in [-0.39, 0.29) is 18.2 Å². The van der Waals surface area contributed by atoms with Gasteiger partial charge >= 0.3 is 5.97 Å². The van der Waals surface area contributed by atoms with Crippen molar-refractivity contribution in [3.8, 4) is 11.5 Å². The maximum atomic E-state index is 12.5. The van der Waals surface area contributed by atoms with Gasteiger partial charge in [-0.15, -0.1) is 0 Å². The number of ether oxygens (including phenoxy) is 3. The molecule has 3 aromatic rings. The van der Waals surface area contributed by atoms with Crippen molar-refractivity contribution in [2.45, 2.75) is 26.4 Å². The summed E-state index contributed by atoms with van der Waals surface area (Å²) in [7, 11) is 1.57. The summed E-state index contributed by atoms with van der Waals surface area (Å²) in [4.78, 5) is 17.0. The molecule has 0 radical (unpaired) electrons. The number of methoxy groups -OCH3 is 1. The van der Waals surface area contributed by atoms with Gasteiger partial charge in [-0.3, -0.25) is 0 Å².